The molecule has 0 spiro atoms. The van der Waals surface area contributed by atoms with Crippen LogP contribution in [-0.4, -0.2) is 25.0 Å². The standard InChI is InChI=1S/C16H22N2O3/c1-4-11(5-2)16(20)17-12-7-8-13-14(9-12)21-10-15(19)18(13)6-3/h7-9,11H,4-6,10H2,1-3H3,(H,17,20). The van der Waals surface area contributed by atoms with Gasteiger partial charge >= 0.3 is 0 Å². The number of amides is 2. The summed E-state index contributed by atoms with van der Waals surface area (Å²) in [6, 6.07) is 5.41. The van der Waals surface area contributed by atoms with E-state index in [-0.39, 0.29) is 24.3 Å². The summed E-state index contributed by atoms with van der Waals surface area (Å²) < 4.78 is 5.46. The first-order valence-corrected chi connectivity index (χ1v) is 7.48. The van der Waals surface area contributed by atoms with E-state index in [1.54, 1.807) is 11.0 Å². The van der Waals surface area contributed by atoms with E-state index < -0.39 is 0 Å². The highest BCUT2D eigenvalue weighted by Gasteiger charge is 2.24. The van der Waals surface area contributed by atoms with Gasteiger partial charge in [-0.25, -0.2) is 0 Å². The number of nitrogens with zero attached hydrogens (tertiary/aromatic N) is 1. The summed E-state index contributed by atoms with van der Waals surface area (Å²) in [4.78, 5) is 25.5. The first kappa shape index (κ1) is 15.4. The summed E-state index contributed by atoms with van der Waals surface area (Å²) in [6.07, 6.45) is 1.64. The number of carbonyl (C=O) groups excluding carboxylic acids is 2. The van der Waals surface area contributed by atoms with Crippen molar-refractivity contribution in [2.24, 2.45) is 5.92 Å². The number of fused-ring (bicyclic) bond motifs is 1. The SMILES string of the molecule is CCC(CC)C(=O)Nc1ccc2c(c1)OCC(=O)N2CC. The van der Waals surface area contributed by atoms with Gasteiger partial charge in [0.15, 0.2) is 6.61 Å². The number of ether oxygens (including phenoxy) is 1. The Balaban J connectivity index is 2.18. The monoisotopic (exact) mass is 290 g/mol. The number of rotatable bonds is 5. The average Bonchev–Trinajstić information content (AvgIpc) is 2.48. The molecule has 2 amide bonds. The first-order valence-electron chi connectivity index (χ1n) is 7.48. The molecule has 1 aromatic carbocycles. The molecule has 1 aliphatic rings. The summed E-state index contributed by atoms with van der Waals surface area (Å²) in [6.45, 7) is 6.60. The van der Waals surface area contributed by atoms with E-state index in [9.17, 15) is 9.59 Å². The molecule has 0 bridgehead atoms. The number of nitrogens with one attached hydrogen (secondary N) is 1. The molecule has 0 radical (unpaired) electrons. The third-order valence-electron chi connectivity index (χ3n) is 3.84. The van der Waals surface area contributed by atoms with Gasteiger partial charge in [-0.1, -0.05) is 13.8 Å². The summed E-state index contributed by atoms with van der Waals surface area (Å²) in [5, 5.41) is 2.92. The molecule has 1 aliphatic heterocycles. The van der Waals surface area contributed by atoms with Crippen molar-refractivity contribution in [1.29, 1.82) is 0 Å². The Morgan fingerprint density at radius 3 is 2.67 bits per heavy atom. The van der Waals surface area contributed by atoms with Crippen molar-refractivity contribution in [1.82, 2.24) is 0 Å². The van der Waals surface area contributed by atoms with Crippen molar-refractivity contribution >= 4 is 23.2 Å². The van der Waals surface area contributed by atoms with Gasteiger partial charge in [-0.2, -0.15) is 0 Å². The molecule has 0 saturated heterocycles. The second-order valence-electron chi connectivity index (χ2n) is 5.11. The maximum absolute atomic E-state index is 12.1. The Morgan fingerprint density at radius 2 is 2.05 bits per heavy atom. The van der Waals surface area contributed by atoms with Gasteiger partial charge in [0.2, 0.25) is 5.91 Å². The first-order chi connectivity index (χ1) is 10.1. The van der Waals surface area contributed by atoms with Crippen molar-refractivity contribution in [3.05, 3.63) is 18.2 Å². The smallest absolute Gasteiger partial charge is 0.265 e. The molecular formula is C16H22N2O3. The van der Waals surface area contributed by atoms with Gasteiger partial charge in [0, 0.05) is 24.2 Å². The highest BCUT2D eigenvalue weighted by Crippen LogP contribution is 2.34. The van der Waals surface area contributed by atoms with Crippen LogP contribution in [0.3, 0.4) is 0 Å². The zero-order chi connectivity index (χ0) is 15.4. The van der Waals surface area contributed by atoms with E-state index in [1.807, 2.05) is 32.9 Å². The number of hydrogen-bond acceptors (Lipinski definition) is 3. The molecule has 114 valence electrons. The second-order valence-corrected chi connectivity index (χ2v) is 5.11. The van der Waals surface area contributed by atoms with E-state index in [0.717, 1.165) is 18.5 Å². The predicted octanol–water partition coefficient (Wildman–Crippen LogP) is 2.81. The second kappa shape index (κ2) is 6.61. The van der Waals surface area contributed by atoms with E-state index >= 15 is 0 Å². The average molecular weight is 290 g/mol. The minimum absolute atomic E-state index is 0.0238. The van der Waals surface area contributed by atoms with Crippen LogP contribution in [0.2, 0.25) is 0 Å². The maximum Gasteiger partial charge on any atom is 0.265 e. The van der Waals surface area contributed by atoms with Crippen molar-refractivity contribution < 1.29 is 14.3 Å². The third kappa shape index (κ3) is 3.17. The molecule has 0 atom stereocenters. The lowest BCUT2D eigenvalue weighted by Crippen LogP contribution is -2.38. The van der Waals surface area contributed by atoms with Crippen LogP contribution < -0.4 is 15.0 Å². The van der Waals surface area contributed by atoms with Crippen LogP contribution in [0.4, 0.5) is 11.4 Å². The number of hydrogen-bond donors (Lipinski definition) is 1. The van der Waals surface area contributed by atoms with Gasteiger partial charge in [-0.05, 0) is 31.9 Å². The molecule has 0 aliphatic carbocycles. The van der Waals surface area contributed by atoms with Crippen LogP contribution in [0.15, 0.2) is 18.2 Å². The Morgan fingerprint density at radius 1 is 1.33 bits per heavy atom. The van der Waals surface area contributed by atoms with Gasteiger partial charge in [-0.3, -0.25) is 9.59 Å². The zero-order valence-corrected chi connectivity index (χ0v) is 12.8. The molecule has 1 N–H and O–H groups in total. The van der Waals surface area contributed by atoms with E-state index in [4.69, 9.17) is 4.74 Å². The lowest BCUT2D eigenvalue weighted by molar-refractivity contribution is -0.121. The van der Waals surface area contributed by atoms with Gasteiger partial charge in [0.1, 0.15) is 5.75 Å². The molecule has 21 heavy (non-hydrogen) atoms. The normalized spacial score (nSPS) is 13.9. The summed E-state index contributed by atoms with van der Waals surface area (Å²) in [5.41, 5.74) is 1.46. The fourth-order valence-electron chi connectivity index (χ4n) is 2.53. The third-order valence-corrected chi connectivity index (χ3v) is 3.84. The molecule has 5 heteroatoms. The quantitative estimate of drug-likeness (QED) is 0.907. The van der Waals surface area contributed by atoms with Crippen LogP contribution in [0, 0.1) is 5.92 Å². The minimum Gasteiger partial charge on any atom is -0.481 e. The lowest BCUT2D eigenvalue weighted by Gasteiger charge is -2.28. The fourth-order valence-corrected chi connectivity index (χ4v) is 2.53. The number of likely N-dealkylation sites (N-methyl/N-ethyl adjacent to an activating group) is 1. The Hall–Kier alpha value is -2.04. The van der Waals surface area contributed by atoms with Gasteiger partial charge < -0.3 is 15.0 Å². The zero-order valence-electron chi connectivity index (χ0n) is 12.8. The topological polar surface area (TPSA) is 58.6 Å². The molecule has 0 saturated carbocycles. The van der Waals surface area contributed by atoms with Crippen LogP contribution in [0.25, 0.3) is 0 Å². The maximum atomic E-state index is 12.1. The van der Waals surface area contributed by atoms with E-state index in [2.05, 4.69) is 5.32 Å². The van der Waals surface area contributed by atoms with Crippen molar-refractivity contribution in [2.75, 3.05) is 23.4 Å². The molecular weight excluding hydrogens is 268 g/mol. The van der Waals surface area contributed by atoms with E-state index in [1.165, 1.54) is 0 Å². The molecule has 0 aromatic heterocycles. The van der Waals surface area contributed by atoms with Gasteiger partial charge in [-0.15, -0.1) is 0 Å². The Labute approximate surface area is 125 Å². The van der Waals surface area contributed by atoms with Gasteiger partial charge in [0.25, 0.3) is 5.91 Å². The van der Waals surface area contributed by atoms with Crippen LogP contribution in [0.5, 0.6) is 5.75 Å². The van der Waals surface area contributed by atoms with Crippen molar-refractivity contribution in [2.45, 2.75) is 33.6 Å². The molecule has 5 nitrogen and oxygen atoms in total. The van der Waals surface area contributed by atoms with Crippen molar-refractivity contribution in [3.8, 4) is 5.75 Å². The molecule has 0 unspecified atom stereocenters. The predicted molar refractivity (Wildman–Crippen MR) is 82.7 cm³/mol. The van der Waals surface area contributed by atoms with E-state index in [0.29, 0.717) is 18.0 Å². The van der Waals surface area contributed by atoms with Gasteiger partial charge in [0.05, 0.1) is 5.69 Å². The van der Waals surface area contributed by atoms with Crippen LogP contribution in [0.1, 0.15) is 33.6 Å². The largest absolute Gasteiger partial charge is 0.481 e. The number of benzene rings is 1. The number of carbonyl (C=O) groups is 2. The molecule has 1 heterocycles. The van der Waals surface area contributed by atoms with Crippen molar-refractivity contribution in [3.63, 3.8) is 0 Å². The Kier molecular flexibility index (Phi) is 4.83. The molecule has 2 rings (SSSR count). The summed E-state index contributed by atoms with van der Waals surface area (Å²) in [7, 11) is 0. The summed E-state index contributed by atoms with van der Waals surface area (Å²) in [5.74, 6) is 0.646. The minimum atomic E-state index is -0.0428. The highest BCUT2D eigenvalue weighted by molar-refractivity contribution is 5.99. The highest BCUT2D eigenvalue weighted by atomic mass is 16.5. The molecule has 0 fully saturated rings. The Bertz CT molecular complexity index is 538. The number of anilines is 2. The van der Waals surface area contributed by atoms with Crippen LogP contribution in [-0.2, 0) is 9.59 Å². The lowest BCUT2D eigenvalue weighted by atomic mass is 10.0. The van der Waals surface area contributed by atoms with Crippen LogP contribution >= 0.6 is 0 Å². The fraction of sp³-hybridized carbons (Fsp3) is 0.500. The molecule has 1 aromatic rings. The summed E-state index contributed by atoms with van der Waals surface area (Å²) >= 11 is 0.